The van der Waals surface area contributed by atoms with Crippen molar-refractivity contribution in [3.8, 4) is 5.75 Å². The van der Waals surface area contributed by atoms with Crippen molar-refractivity contribution in [2.45, 2.75) is 19.4 Å². The van der Waals surface area contributed by atoms with Gasteiger partial charge >= 0.3 is 0 Å². The fraction of sp³-hybridized carbons (Fsp3) is 0.278. The number of methoxy groups -OCH3 is 1. The number of hydrogen-bond donors (Lipinski definition) is 1. The van der Waals surface area contributed by atoms with Crippen LogP contribution in [-0.2, 0) is 14.8 Å². The molecule has 2 aromatic rings. The number of ether oxygens (including phenoxy) is 1. The molecule has 8 heteroatoms. The Morgan fingerprint density at radius 3 is 2.42 bits per heavy atom. The van der Waals surface area contributed by atoms with Crippen LogP contribution in [0.15, 0.2) is 48.5 Å². The number of amides is 1. The molecule has 0 fully saturated rings. The lowest BCUT2D eigenvalue weighted by atomic mass is 10.1. The number of nitrogens with zero attached hydrogens (tertiary/aromatic N) is 1. The van der Waals surface area contributed by atoms with E-state index in [1.807, 2.05) is 0 Å². The summed E-state index contributed by atoms with van der Waals surface area (Å²) in [5.41, 5.74) is 0.905. The van der Waals surface area contributed by atoms with Gasteiger partial charge in [0.2, 0.25) is 15.9 Å². The Hall–Kier alpha value is -2.25. The number of carbonyl (C=O) groups is 1. The first-order valence-electron chi connectivity index (χ1n) is 7.96. The highest BCUT2D eigenvalue weighted by molar-refractivity contribution is 7.92. The quantitative estimate of drug-likeness (QED) is 0.776. The molecular formula is C18H21ClN2O4S. The van der Waals surface area contributed by atoms with Gasteiger partial charge in [0.05, 0.1) is 19.1 Å². The van der Waals surface area contributed by atoms with Crippen LogP contribution in [0.25, 0.3) is 0 Å². The zero-order chi connectivity index (χ0) is 19.3. The third-order valence-electron chi connectivity index (χ3n) is 3.75. The van der Waals surface area contributed by atoms with Crippen molar-refractivity contribution in [3.63, 3.8) is 0 Å². The van der Waals surface area contributed by atoms with Crippen molar-refractivity contribution >= 4 is 38.9 Å². The minimum atomic E-state index is -3.70. The number of rotatable bonds is 7. The van der Waals surface area contributed by atoms with E-state index in [1.54, 1.807) is 55.5 Å². The van der Waals surface area contributed by atoms with E-state index in [0.717, 1.165) is 10.6 Å². The largest absolute Gasteiger partial charge is 0.497 e. The maximum absolute atomic E-state index is 12.8. The molecule has 1 unspecified atom stereocenters. The number of sulfonamides is 1. The molecule has 0 saturated heterocycles. The van der Waals surface area contributed by atoms with Crippen molar-refractivity contribution in [1.82, 2.24) is 0 Å². The molecule has 0 radical (unpaired) electrons. The summed E-state index contributed by atoms with van der Waals surface area (Å²) in [5, 5.41) is 3.28. The topological polar surface area (TPSA) is 75.7 Å². The van der Waals surface area contributed by atoms with E-state index in [1.165, 1.54) is 7.11 Å². The Labute approximate surface area is 158 Å². The molecule has 0 aliphatic heterocycles. The highest BCUT2D eigenvalue weighted by Gasteiger charge is 2.31. The Balaban J connectivity index is 2.37. The maximum Gasteiger partial charge on any atom is 0.248 e. The van der Waals surface area contributed by atoms with Gasteiger partial charge in [0, 0.05) is 16.8 Å². The second kappa shape index (κ2) is 8.42. The van der Waals surface area contributed by atoms with Gasteiger partial charge < -0.3 is 10.1 Å². The molecule has 26 heavy (non-hydrogen) atoms. The molecule has 140 valence electrons. The van der Waals surface area contributed by atoms with Gasteiger partial charge in [-0.2, -0.15) is 0 Å². The molecule has 2 aromatic carbocycles. The lowest BCUT2D eigenvalue weighted by molar-refractivity contribution is -0.117. The SMILES string of the molecule is CCC(C(=O)Nc1ccc(Cl)cc1)N(c1cccc(OC)c1)S(C)(=O)=O. The number of anilines is 2. The molecule has 2 rings (SSSR count). The van der Waals surface area contributed by atoms with E-state index >= 15 is 0 Å². The predicted molar refractivity (Wildman–Crippen MR) is 104 cm³/mol. The third kappa shape index (κ3) is 4.89. The third-order valence-corrected chi connectivity index (χ3v) is 5.18. The van der Waals surface area contributed by atoms with Crippen molar-refractivity contribution in [3.05, 3.63) is 53.6 Å². The van der Waals surface area contributed by atoms with Crippen molar-refractivity contribution in [2.24, 2.45) is 0 Å². The van der Waals surface area contributed by atoms with E-state index in [0.29, 0.717) is 28.6 Å². The number of nitrogens with one attached hydrogen (secondary N) is 1. The lowest BCUT2D eigenvalue weighted by Gasteiger charge is -2.30. The van der Waals surface area contributed by atoms with Crippen LogP contribution in [0.1, 0.15) is 13.3 Å². The standard InChI is InChI=1S/C18H21ClN2O4S/c1-4-17(18(22)20-14-10-8-13(19)9-11-14)21(26(3,23)24)15-6-5-7-16(12-15)25-2/h5-12,17H,4H2,1-3H3,(H,20,22). The summed E-state index contributed by atoms with van der Waals surface area (Å²) in [4.78, 5) is 12.8. The van der Waals surface area contributed by atoms with Gasteiger partial charge in [0.15, 0.2) is 0 Å². The average molecular weight is 397 g/mol. The van der Waals surface area contributed by atoms with Crippen molar-refractivity contribution in [1.29, 1.82) is 0 Å². The smallest absolute Gasteiger partial charge is 0.248 e. The molecule has 1 amide bonds. The minimum absolute atomic E-state index is 0.295. The second-order valence-electron chi connectivity index (χ2n) is 5.68. The molecule has 0 heterocycles. The van der Waals surface area contributed by atoms with Crippen LogP contribution in [0.4, 0.5) is 11.4 Å². The van der Waals surface area contributed by atoms with Crippen LogP contribution in [-0.4, -0.2) is 33.7 Å². The van der Waals surface area contributed by atoms with Crippen LogP contribution >= 0.6 is 11.6 Å². The number of benzene rings is 2. The summed E-state index contributed by atoms with van der Waals surface area (Å²) in [6.07, 6.45) is 1.37. The van der Waals surface area contributed by atoms with Gasteiger partial charge in [-0.15, -0.1) is 0 Å². The van der Waals surface area contributed by atoms with Gasteiger partial charge in [-0.1, -0.05) is 24.6 Å². The highest BCUT2D eigenvalue weighted by atomic mass is 35.5. The summed E-state index contributed by atoms with van der Waals surface area (Å²) in [6.45, 7) is 1.75. The minimum Gasteiger partial charge on any atom is -0.497 e. The van der Waals surface area contributed by atoms with Crippen molar-refractivity contribution < 1.29 is 17.9 Å². The van der Waals surface area contributed by atoms with Crippen molar-refractivity contribution in [2.75, 3.05) is 23.0 Å². The molecule has 1 N–H and O–H groups in total. The monoisotopic (exact) mass is 396 g/mol. The molecule has 0 aromatic heterocycles. The van der Waals surface area contributed by atoms with E-state index in [9.17, 15) is 13.2 Å². The first-order chi connectivity index (χ1) is 12.3. The fourth-order valence-corrected chi connectivity index (χ4v) is 3.90. The van der Waals surface area contributed by atoms with Crippen LogP contribution in [0, 0.1) is 0 Å². The predicted octanol–water partition coefficient (Wildman–Crippen LogP) is 3.53. The lowest BCUT2D eigenvalue weighted by Crippen LogP contribution is -2.47. The Morgan fingerprint density at radius 1 is 1.23 bits per heavy atom. The number of carbonyl (C=O) groups excluding carboxylic acids is 1. The summed E-state index contributed by atoms with van der Waals surface area (Å²) in [5.74, 6) is 0.0761. The summed E-state index contributed by atoms with van der Waals surface area (Å²) >= 11 is 5.84. The normalized spacial score (nSPS) is 12.3. The average Bonchev–Trinajstić information content (AvgIpc) is 2.60. The summed E-state index contributed by atoms with van der Waals surface area (Å²) in [6, 6.07) is 12.3. The van der Waals surface area contributed by atoms with Crippen LogP contribution in [0.3, 0.4) is 0 Å². The Bertz CT molecular complexity index is 869. The van der Waals surface area contributed by atoms with Gasteiger partial charge in [0.1, 0.15) is 11.8 Å². The van der Waals surface area contributed by atoms with E-state index in [4.69, 9.17) is 16.3 Å². The molecule has 0 aliphatic carbocycles. The zero-order valence-electron chi connectivity index (χ0n) is 14.8. The van der Waals surface area contributed by atoms with Gasteiger partial charge in [-0.3, -0.25) is 9.10 Å². The molecule has 0 spiro atoms. The van der Waals surface area contributed by atoms with E-state index < -0.39 is 22.0 Å². The highest BCUT2D eigenvalue weighted by Crippen LogP contribution is 2.27. The molecular weight excluding hydrogens is 376 g/mol. The molecule has 0 aliphatic rings. The first kappa shape index (κ1) is 20.1. The second-order valence-corrected chi connectivity index (χ2v) is 7.98. The Morgan fingerprint density at radius 2 is 1.88 bits per heavy atom. The number of halogens is 1. The molecule has 0 bridgehead atoms. The summed E-state index contributed by atoms with van der Waals surface area (Å²) in [7, 11) is -2.21. The first-order valence-corrected chi connectivity index (χ1v) is 10.2. The van der Waals surface area contributed by atoms with Gasteiger partial charge in [-0.25, -0.2) is 8.42 Å². The fourth-order valence-electron chi connectivity index (χ4n) is 2.57. The van der Waals surface area contributed by atoms with Crippen LogP contribution < -0.4 is 14.4 Å². The van der Waals surface area contributed by atoms with Gasteiger partial charge in [-0.05, 0) is 42.8 Å². The Kier molecular flexibility index (Phi) is 6.50. The van der Waals surface area contributed by atoms with Crippen LogP contribution in [0.2, 0.25) is 5.02 Å². The van der Waals surface area contributed by atoms with E-state index in [2.05, 4.69) is 5.32 Å². The number of hydrogen-bond acceptors (Lipinski definition) is 4. The van der Waals surface area contributed by atoms with Gasteiger partial charge in [0.25, 0.3) is 0 Å². The molecule has 6 nitrogen and oxygen atoms in total. The maximum atomic E-state index is 12.8. The zero-order valence-corrected chi connectivity index (χ0v) is 16.3. The summed E-state index contributed by atoms with van der Waals surface area (Å²) < 4.78 is 31.1. The molecule has 0 saturated carbocycles. The van der Waals surface area contributed by atoms with Crippen LogP contribution in [0.5, 0.6) is 5.75 Å². The van der Waals surface area contributed by atoms with E-state index in [-0.39, 0.29) is 0 Å². The molecule has 1 atom stereocenters.